The molecule has 1 heterocycles. The highest BCUT2D eigenvalue weighted by molar-refractivity contribution is 7.80. The molecular formula is C17H21N3S. The Morgan fingerprint density at radius 1 is 1.10 bits per heavy atom. The number of nitrogens with one attached hydrogen (secondary N) is 2. The SMILES string of the molecule is Cc1ccc(C(C)NC(=S)Nc2ncccc2C)cc1C. The summed E-state index contributed by atoms with van der Waals surface area (Å²) in [6, 6.07) is 10.5. The minimum absolute atomic E-state index is 0.147. The van der Waals surface area contributed by atoms with E-state index in [9.17, 15) is 0 Å². The molecule has 2 N–H and O–H groups in total. The molecule has 1 unspecified atom stereocenters. The second-order valence-corrected chi connectivity index (χ2v) is 5.74. The molecule has 110 valence electrons. The predicted molar refractivity (Wildman–Crippen MR) is 92.7 cm³/mol. The van der Waals surface area contributed by atoms with Gasteiger partial charge >= 0.3 is 0 Å². The molecule has 0 aliphatic heterocycles. The topological polar surface area (TPSA) is 37.0 Å². The number of rotatable bonds is 3. The van der Waals surface area contributed by atoms with Crippen molar-refractivity contribution in [3.8, 4) is 0 Å². The summed E-state index contributed by atoms with van der Waals surface area (Å²) in [6.45, 7) is 8.35. The third kappa shape index (κ3) is 4.02. The standard InChI is InChI=1S/C17H21N3S/c1-11-7-8-15(10-13(11)3)14(4)19-17(21)20-16-12(2)6-5-9-18-16/h5-10,14H,1-4H3,(H2,18,19,20,21). The van der Waals surface area contributed by atoms with Crippen molar-refractivity contribution >= 4 is 23.1 Å². The Morgan fingerprint density at radius 3 is 2.52 bits per heavy atom. The zero-order chi connectivity index (χ0) is 15.4. The van der Waals surface area contributed by atoms with Gasteiger partial charge in [-0.2, -0.15) is 0 Å². The van der Waals surface area contributed by atoms with Gasteiger partial charge in [0.25, 0.3) is 0 Å². The molecule has 0 aliphatic carbocycles. The number of pyridine rings is 1. The van der Waals surface area contributed by atoms with Crippen molar-refractivity contribution in [2.24, 2.45) is 0 Å². The van der Waals surface area contributed by atoms with Crippen molar-refractivity contribution in [1.29, 1.82) is 0 Å². The van der Waals surface area contributed by atoms with Crippen molar-refractivity contribution in [3.63, 3.8) is 0 Å². The minimum atomic E-state index is 0.147. The fraction of sp³-hybridized carbons (Fsp3) is 0.294. The van der Waals surface area contributed by atoms with Crippen LogP contribution in [0.25, 0.3) is 0 Å². The molecule has 0 bridgehead atoms. The van der Waals surface area contributed by atoms with Crippen molar-refractivity contribution in [1.82, 2.24) is 10.3 Å². The molecule has 3 nitrogen and oxygen atoms in total. The summed E-state index contributed by atoms with van der Waals surface area (Å²) in [5, 5.41) is 7.03. The van der Waals surface area contributed by atoms with E-state index in [0.29, 0.717) is 5.11 Å². The highest BCUT2D eigenvalue weighted by atomic mass is 32.1. The van der Waals surface area contributed by atoms with E-state index in [1.54, 1.807) is 6.20 Å². The Balaban J connectivity index is 2.02. The van der Waals surface area contributed by atoms with Gasteiger partial charge in [0, 0.05) is 6.20 Å². The van der Waals surface area contributed by atoms with E-state index in [0.717, 1.165) is 11.4 Å². The molecule has 4 heteroatoms. The van der Waals surface area contributed by atoms with Gasteiger partial charge in [-0.05, 0) is 68.2 Å². The smallest absolute Gasteiger partial charge is 0.172 e. The van der Waals surface area contributed by atoms with Crippen LogP contribution in [-0.2, 0) is 0 Å². The number of hydrogen-bond donors (Lipinski definition) is 2. The van der Waals surface area contributed by atoms with Crippen LogP contribution >= 0.6 is 12.2 Å². The molecule has 1 aromatic heterocycles. The van der Waals surface area contributed by atoms with Crippen molar-refractivity contribution in [2.75, 3.05) is 5.32 Å². The highest BCUT2D eigenvalue weighted by Crippen LogP contribution is 2.17. The van der Waals surface area contributed by atoms with Crippen LogP contribution in [-0.4, -0.2) is 10.1 Å². The van der Waals surface area contributed by atoms with Crippen LogP contribution in [0, 0.1) is 20.8 Å². The minimum Gasteiger partial charge on any atom is -0.356 e. The summed E-state index contributed by atoms with van der Waals surface area (Å²) in [6.07, 6.45) is 1.75. The zero-order valence-electron chi connectivity index (χ0n) is 12.9. The first-order chi connectivity index (χ1) is 9.97. The van der Waals surface area contributed by atoms with Gasteiger partial charge in [0.15, 0.2) is 5.11 Å². The second kappa shape index (κ2) is 6.68. The molecular weight excluding hydrogens is 278 g/mol. The van der Waals surface area contributed by atoms with E-state index >= 15 is 0 Å². The summed E-state index contributed by atoms with van der Waals surface area (Å²) in [5.41, 5.74) is 4.89. The fourth-order valence-electron chi connectivity index (χ4n) is 2.07. The first-order valence-electron chi connectivity index (χ1n) is 7.03. The van der Waals surface area contributed by atoms with Crippen LogP contribution in [0.5, 0.6) is 0 Å². The molecule has 1 aromatic carbocycles. The van der Waals surface area contributed by atoms with Crippen LogP contribution in [0.2, 0.25) is 0 Å². The molecule has 1 atom stereocenters. The van der Waals surface area contributed by atoms with Crippen LogP contribution in [0.3, 0.4) is 0 Å². The zero-order valence-corrected chi connectivity index (χ0v) is 13.7. The van der Waals surface area contributed by atoms with E-state index in [-0.39, 0.29) is 6.04 Å². The largest absolute Gasteiger partial charge is 0.356 e. The van der Waals surface area contributed by atoms with E-state index in [1.165, 1.54) is 16.7 Å². The number of thiocarbonyl (C=S) groups is 1. The number of aryl methyl sites for hydroxylation is 3. The average Bonchev–Trinajstić information content (AvgIpc) is 2.44. The lowest BCUT2D eigenvalue weighted by Crippen LogP contribution is -2.31. The predicted octanol–water partition coefficient (Wildman–Crippen LogP) is 4.05. The molecule has 0 radical (unpaired) electrons. The Kier molecular flexibility index (Phi) is 4.91. The molecule has 21 heavy (non-hydrogen) atoms. The monoisotopic (exact) mass is 299 g/mol. The molecule has 0 spiro atoms. The number of hydrogen-bond acceptors (Lipinski definition) is 2. The average molecular weight is 299 g/mol. The number of benzene rings is 1. The molecule has 0 aliphatic rings. The van der Waals surface area contributed by atoms with Crippen molar-refractivity contribution in [3.05, 3.63) is 58.8 Å². The molecule has 0 saturated carbocycles. The third-order valence-electron chi connectivity index (χ3n) is 3.62. The van der Waals surface area contributed by atoms with E-state index in [4.69, 9.17) is 12.2 Å². The van der Waals surface area contributed by atoms with Gasteiger partial charge in [-0.15, -0.1) is 0 Å². The van der Waals surface area contributed by atoms with Gasteiger partial charge in [0.1, 0.15) is 5.82 Å². The van der Waals surface area contributed by atoms with E-state index in [1.807, 2.05) is 19.1 Å². The van der Waals surface area contributed by atoms with Gasteiger partial charge in [0.05, 0.1) is 6.04 Å². The van der Waals surface area contributed by atoms with Gasteiger partial charge in [-0.1, -0.05) is 24.3 Å². The lowest BCUT2D eigenvalue weighted by Gasteiger charge is -2.18. The summed E-state index contributed by atoms with van der Waals surface area (Å²) in [5.74, 6) is 0.794. The van der Waals surface area contributed by atoms with Gasteiger partial charge < -0.3 is 10.6 Å². The summed E-state index contributed by atoms with van der Waals surface area (Å²) < 4.78 is 0. The maximum atomic E-state index is 5.37. The van der Waals surface area contributed by atoms with Crippen LogP contribution in [0.1, 0.15) is 35.2 Å². The van der Waals surface area contributed by atoms with E-state index in [2.05, 4.69) is 54.6 Å². The van der Waals surface area contributed by atoms with Gasteiger partial charge in [0.2, 0.25) is 0 Å². The van der Waals surface area contributed by atoms with Gasteiger partial charge in [-0.25, -0.2) is 4.98 Å². The Hall–Kier alpha value is -1.94. The number of aromatic nitrogens is 1. The Bertz CT molecular complexity index is 652. The summed E-state index contributed by atoms with van der Waals surface area (Å²) in [4.78, 5) is 4.29. The first kappa shape index (κ1) is 15.4. The Morgan fingerprint density at radius 2 is 1.86 bits per heavy atom. The number of nitrogens with zero attached hydrogens (tertiary/aromatic N) is 1. The lowest BCUT2D eigenvalue weighted by atomic mass is 10.0. The molecule has 2 rings (SSSR count). The molecule has 0 amide bonds. The second-order valence-electron chi connectivity index (χ2n) is 5.33. The third-order valence-corrected chi connectivity index (χ3v) is 3.84. The van der Waals surface area contributed by atoms with Crippen molar-refractivity contribution < 1.29 is 0 Å². The molecule has 2 aromatic rings. The Labute approximate surface area is 131 Å². The maximum absolute atomic E-state index is 5.37. The summed E-state index contributed by atoms with van der Waals surface area (Å²) in [7, 11) is 0. The van der Waals surface area contributed by atoms with E-state index < -0.39 is 0 Å². The van der Waals surface area contributed by atoms with Crippen LogP contribution < -0.4 is 10.6 Å². The number of anilines is 1. The van der Waals surface area contributed by atoms with Gasteiger partial charge in [-0.3, -0.25) is 0 Å². The fourth-order valence-corrected chi connectivity index (χ4v) is 2.35. The van der Waals surface area contributed by atoms with Crippen molar-refractivity contribution in [2.45, 2.75) is 33.7 Å². The molecule has 0 saturated heterocycles. The first-order valence-corrected chi connectivity index (χ1v) is 7.44. The molecule has 0 fully saturated rings. The normalized spacial score (nSPS) is 11.8. The quantitative estimate of drug-likeness (QED) is 0.838. The maximum Gasteiger partial charge on any atom is 0.172 e. The highest BCUT2D eigenvalue weighted by Gasteiger charge is 2.09. The summed E-state index contributed by atoms with van der Waals surface area (Å²) >= 11 is 5.37. The van der Waals surface area contributed by atoms with Crippen LogP contribution in [0.15, 0.2) is 36.5 Å². The lowest BCUT2D eigenvalue weighted by molar-refractivity contribution is 0.721. The van der Waals surface area contributed by atoms with Crippen LogP contribution in [0.4, 0.5) is 5.82 Å².